The lowest BCUT2D eigenvalue weighted by Crippen LogP contribution is -2.33. The van der Waals surface area contributed by atoms with Crippen LogP contribution in [0.1, 0.15) is 19.4 Å². The lowest BCUT2D eigenvalue weighted by Gasteiger charge is -2.18. The molecule has 0 aliphatic heterocycles. The second-order valence-corrected chi connectivity index (χ2v) is 11.2. The highest BCUT2D eigenvalue weighted by atomic mass is 28.3. The fourth-order valence-electron chi connectivity index (χ4n) is 1.72. The summed E-state index contributed by atoms with van der Waals surface area (Å²) in [7, 11) is 0.384. The highest BCUT2D eigenvalue weighted by molar-refractivity contribution is 6.83. The molecule has 3 heteroatoms. The van der Waals surface area contributed by atoms with Crippen molar-refractivity contribution in [3.63, 3.8) is 0 Å². The lowest BCUT2D eigenvalue weighted by molar-refractivity contribution is 0.414. The van der Waals surface area contributed by atoms with Crippen LogP contribution in [0.5, 0.6) is 5.75 Å². The Kier molecular flexibility index (Phi) is 6.32. The van der Waals surface area contributed by atoms with Crippen molar-refractivity contribution in [2.45, 2.75) is 46.1 Å². The highest BCUT2D eigenvalue weighted by Gasteiger charge is 2.12. The molecule has 1 rings (SSSR count). The number of methoxy groups -OCH3 is 1. The van der Waals surface area contributed by atoms with Crippen molar-refractivity contribution in [1.82, 2.24) is 5.32 Å². The van der Waals surface area contributed by atoms with E-state index in [1.165, 1.54) is 5.56 Å². The molecule has 0 spiro atoms. The molecule has 1 atom stereocenters. The molecule has 0 saturated carbocycles. The third kappa shape index (κ3) is 6.27. The Balaban J connectivity index is 2.64. The van der Waals surface area contributed by atoms with Gasteiger partial charge in [0.15, 0.2) is 0 Å². The average molecular weight is 289 g/mol. The van der Waals surface area contributed by atoms with E-state index in [4.69, 9.17) is 4.74 Å². The second-order valence-electron chi connectivity index (χ2n) is 6.47. The second kappa shape index (κ2) is 7.52. The number of hydrogen-bond acceptors (Lipinski definition) is 2. The van der Waals surface area contributed by atoms with Gasteiger partial charge in [-0.3, -0.25) is 5.32 Å². The molecule has 0 fully saturated rings. The standard InChI is InChI=1S/C17H27NOSi/c1-14(2)17(11-12-20(4,5)6)18-13-15-7-9-16(19-3)10-8-15/h7-10,14,17-18H,13H2,1-6H3. The van der Waals surface area contributed by atoms with E-state index in [1.807, 2.05) is 12.1 Å². The zero-order valence-electron chi connectivity index (χ0n) is 13.6. The Labute approximate surface area is 124 Å². The van der Waals surface area contributed by atoms with Crippen LogP contribution < -0.4 is 10.1 Å². The van der Waals surface area contributed by atoms with Crippen molar-refractivity contribution in [3.8, 4) is 17.2 Å². The van der Waals surface area contributed by atoms with Gasteiger partial charge in [-0.1, -0.05) is 51.5 Å². The zero-order valence-corrected chi connectivity index (χ0v) is 14.6. The maximum atomic E-state index is 5.17. The van der Waals surface area contributed by atoms with Crippen LogP contribution >= 0.6 is 0 Å². The Bertz CT molecular complexity index is 462. The van der Waals surface area contributed by atoms with Gasteiger partial charge >= 0.3 is 0 Å². The van der Waals surface area contributed by atoms with Crippen molar-refractivity contribution in [1.29, 1.82) is 0 Å². The van der Waals surface area contributed by atoms with Gasteiger partial charge in [0, 0.05) is 6.54 Å². The minimum absolute atomic E-state index is 0.254. The third-order valence-corrected chi connectivity index (χ3v) is 3.85. The molecule has 0 radical (unpaired) electrons. The molecular formula is C17H27NOSi. The van der Waals surface area contributed by atoms with Crippen LogP contribution in [0.15, 0.2) is 24.3 Å². The van der Waals surface area contributed by atoms with E-state index >= 15 is 0 Å². The predicted molar refractivity (Wildman–Crippen MR) is 89.6 cm³/mol. The first-order valence-electron chi connectivity index (χ1n) is 7.21. The van der Waals surface area contributed by atoms with Crippen LogP contribution in [0.2, 0.25) is 19.6 Å². The van der Waals surface area contributed by atoms with Crippen molar-refractivity contribution in [2.75, 3.05) is 7.11 Å². The van der Waals surface area contributed by atoms with E-state index in [9.17, 15) is 0 Å². The molecule has 0 saturated heterocycles. The van der Waals surface area contributed by atoms with Gasteiger partial charge in [0.2, 0.25) is 0 Å². The van der Waals surface area contributed by atoms with Crippen molar-refractivity contribution in [2.24, 2.45) is 5.92 Å². The van der Waals surface area contributed by atoms with Gasteiger partial charge in [-0.2, -0.15) is 0 Å². The molecule has 1 aromatic carbocycles. The SMILES string of the molecule is COc1ccc(CNC(C#C[Si](C)(C)C)C(C)C)cc1. The minimum atomic E-state index is -1.30. The molecule has 0 amide bonds. The van der Waals surface area contributed by atoms with Crippen LogP contribution in [0.3, 0.4) is 0 Å². The number of hydrogen-bond donors (Lipinski definition) is 1. The molecule has 0 aliphatic rings. The zero-order chi connectivity index (χ0) is 15.2. The maximum absolute atomic E-state index is 5.17. The molecule has 20 heavy (non-hydrogen) atoms. The predicted octanol–water partition coefficient (Wildman–Crippen LogP) is 3.69. The van der Waals surface area contributed by atoms with Crippen LogP contribution in [0, 0.1) is 17.4 Å². The Morgan fingerprint density at radius 2 is 1.75 bits per heavy atom. The van der Waals surface area contributed by atoms with Gasteiger partial charge < -0.3 is 4.74 Å². The largest absolute Gasteiger partial charge is 0.497 e. The van der Waals surface area contributed by atoms with Crippen LogP contribution in [-0.4, -0.2) is 21.2 Å². The first-order chi connectivity index (χ1) is 9.31. The van der Waals surface area contributed by atoms with E-state index in [0.29, 0.717) is 5.92 Å². The summed E-state index contributed by atoms with van der Waals surface area (Å²) in [6, 6.07) is 8.43. The summed E-state index contributed by atoms with van der Waals surface area (Å²) in [6.07, 6.45) is 0. The summed E-state index contributed by atoms with van der Waals surface area (Å²) >= 11 is 0. The molecule has 1 aromatic rings. The maximum Gasteiger partial charge on any atom is 0.129 e. The summed E-state index contributed by atoms with van der Waals surface area (Å²) in [5.74, 6) is 4.84. The molecule has 0 aromatic heterocycles. The highest BCUT2D eigenvalue weighted by Crippen LogP contribution is 2.12. The summed E-state index contributed by atoms with van der Waals surface area (Å²) in [5, 5.41) is 3.55. The van der Waals surface area contributed by atoms with E-state index in [0.717, 1.165) is 12.3 Å². The van der Waals surface area contributed by atoms with Gasteiger partial charge in [-0.15, -0.1) is 5.54 Å². The van der Waals surface area contributed by atoms with Crippen molar-refractivity contribution in [3.05, 3.63) is 29.8 Å². The lowest BCUT2D eigenvalue weighted by atomic mass is 10.1. The summed E-state index contributed by atoms with van der Waals surface area (Å²) in [6.45, 7) is 12.1. The van der Waals surface area contributed by atoms with Crippen molar-refractivity contribution < 1.29 is 4.74 Å². The Morgan fingerprint density at radius 1 is 1.15 bits per heavy atom. The number of benzene rings is 1. The summed E-state index contributed by atoms with van der Waals surface area (Å²) in [4.78, 5) is 0. The number of ether oxygens (including phenoxy) is 1. The average Bonchev–Trinajstić information content (AvgIpc) is 2.37. The molecule has 0 heterocycles. The topological polar surface area (TPSA) is 21.3 Å². The molecule has 110 valence electrons. The fraction of sp³-hybridized carbons (Fsp3) is 0.529. The molecule has 0 aliphatic carbocycles. The Hall–Kier alpha value is -1.24. The van der Waals surface area contributed by atoms with E-state index in [-0.39, 0.29) is 6.04 Å². The van der Waals surface area contributed by atoms with Gasteiger partial charge in [0.25, 0.3) is 0 Å². The van der Waals surface area contributed by atoms with Crippen LogP contribution in [-0.2, 0) is 6.54 Å². The normalized spacial score (nSPS) is 12.8. The smallest absolute Gasteiger partial charge is 0.129 e. The van der Waals surface area contributed by atoms with E-state index in [1.54, 1.807) is 7.11 Å². The molecule has 2 nitrogen and oxygen atoms in total. The number of nitrogens with one attached hydrogen (secondary N) is 1. The first-order valence-corrected chi connectivity index (χ1v) is 10.7. The molecule has 0 bridgehead atoms. The van der Waals surface area contributed by atoms with Gasteiger partial charge in [-0.25, -0.2) is 0 Å². The summed E-state index contributed by atoms with van der Waals surface area (Å²) in [5.41, 5.74) is 4.72. The number of rotatable bonds is 5. The van der Waals surface area contributed by atoms with E-state index in [2.05, 4.69) is 62.4 Å². The fourth-order valence-corrected chi connectivity index (χ4v) is 2.31. The third-order valence-electron chi connectivity index (χ3n) is 2.95. The Morgan fingerprint density at radius 3 is 2.20 bits per heavy atom. The first kappa shape index (κ1) is 16.8. The monoisotopic (exact) mass is 289 g/mol. The van der Waals surface area contributed by atoms with Crippen molar-refractivity contribution >= 4 is 8.07 Å². The molecule has 1 N–H and O–H groups in total. The van der Waals surface area contributed by atoms with Crippen LogP contribution in [0.25, 0.3) is 0 Å². The quantitative estimate of drug-likeness (QED) is 0.659. The molecule has 1 unspecified atom stereocenters. The van der Waals surface area contributed by atoms with Crippen LogP contribution in [0.4, 0.5) is 0 Å². The van der Waals surface area contributed by atoms with Gasteiger partial charge in [0.05, 0.1) is 13.2 Å². The van der Waals surface area contributed by atoms with Gasteiger partial charge in [-0.05, 0) is 23.6 Å². The summed E-state index contributed by atoms with van der Waals surface area (Å²) < 4.78 is 5.17. The minimum Gasteiger partial charge on any atom is -0.497 e. The van der Waals surface area contributed by atoms with Gasteiger partial charge in [0.1, 0.15) is 13.8 Å². The van der Waals surface area contributed by atoms with E-state index < -0.39 is 8.07 Å². The molecular weight excluding hydrogens is 262 g/mol.